The van der Waals surface area contributed by atoms with E-state index in [1.54, 1.807) is 4.90 Å². The third-order valence-electron chi connectivity index (χ3n) is 3.55. The summed E-state index contributed by atoms with van der Waals surface area (Å²) in [5, 5.41) is 0. The van der Waals surface area contributed by atoms with Crippen LogP contribution in [0.3, 0.4) is 0 Å². The van der Waals surface area contributed by atoms with Crippen molar-refractivity contribution in [2.45, 2.75) is 12.5 Å². The molecule has 1 radical (unpaired) electrons. The van der Waals surface area contributed by atoms with Crippen molar-refractivity contribution in [3.63, 3.8) is 0 Å². The van der Waals surface area contributed by atoms with Crippen molar-refractivity contribution in [3.8, 4) is 0 Å². The summed E-state index contributed by atoms with van der Waals surface area (Å²) in [5.74, 6) is -1.07. The molecule has 2 heterocycles. The fraction of sp³-hybridized carbons (Fsp3) is 0.692. The predicted octanol–water partition coefficient (Wildman–Crippen LogP) is -1.85. The Kier molecular flexibility index (Phi) is 5.51. The molecule has 117 valence electrons. The van der Waals surface area contributed by atoms with Crippen LogP contribution in [0.25, 0.3) is 0 Å². The van der Waals surface area contributed by atoms with Gasteiger partial charge in [-0.2, -0.15) is 0 Å². The van der Waals surface area contributed by atoms with Crippen LogP contribution in [0.4, 0.5) is 0 Å². The smallest absolute Gasteiger partial charge is 0.242 e. The average Bonchev–Trinajstić information content (AvgIpc) is 2.53. The Hall–Kier alpha value is -1.67. The van der Waals surface area contributed by atoms with E-state index < -0.39 is 11.9 Å². The van der Waals surface area contributed by atoms with Crippen molar-refractivity contribution in [1.29, 1.82) is 0 Å². The summed E-state index contributed by atoms with van der Waals surface area (Å²) >= 11 is 0. The van der Waals surface area contributed by atoms with Gasteiger partial charge in [-0.1, -0.05) is 0 Å². The summed E-state index contributed by atoms with van der Waals surface area (Å²) in [7, 11) is 0. The summed E-state index contributed by atoms with van der Waals surface area (Å²) < 4.78 is 10.3. The van der Waals surface area contributed by atoms with Gasteiger partial charge in [-0.3, -0.25) is 14.4 Å². The lowest BCUT2D eigenvalue weighted by atomic mass is 10.1. The Morgan fingerprint density at radius 1 is 1.10 bits per heavy atom. The van der Waals surface area contributed by atoms with E-state index in [2.05, 4.69) is 0 Å². The predicted molar refractivity (Wildman–Crippen MR) is 71.8 cm³/mol. The normalized spacial score (nSPS) is 23.0. The number of hydrogen-bond acceptors (Lipinski definition) is 5. The first kappa shape index (κ1) is 15.7. The maximum absolute atomic E-state index is 12.1. The molecule has 0 aromatic rings. The zero-order valence-electron chi connectivity index (χ0n) is 11.8. The molecule has 1 atom stereocenters. The van der Waals surface area contributed by atoms with Gasteiger partial charge in [0, 0.05) is 26.1 Å². The zero-order valence-corrected chi connectivity index (χ0v) is 11.8. The molecule has 0 unspecified atom stereocenters. The SMILES string of the molecule is NC(=O)[C@@H]1COCCN1C(=O)C[CH]C(=O)N1CCOCC1. The molecule has 0 aliphatic carbocycles. The molecule has 8 heteroatoms. The molecule has 2 saturated heterocycles. The van der Waals surface area contributed by atoms with Crippen molar-refractivity contribution in [2.75, 3.05) is 46.1 Å². The zero-order chi connectivity index (χ0) is 15.2. The van der Waals surface area contributed by atoms with Crippen LogP contribution >= 0.6 is 0 Å². The highest BCUT2D eigenvalue weighted by atomic mass is 16.5. The van der Waals surface area contributed by atoms with E-state index >= 15 is 0 Å². The number of primary amides is 1. The van der Waals surface area contributed by atoms with Gasteiger partial charge in [0.25, 0.3) is 0 Å². The number of ether oxygens (including phenoxy) is 2. The highest BCUT2D eigenvalue weighted by Crippen LogP contribution is 2.10. The van der Waals surface area contributed by atoms with Crippen molar-refractivity contribution in [3.05, 3.63) is 6.42 Å². The Morgan fingerprint density at radius 2 is 1.76 bits per heavy atom. The second-order valence-corrected chi connectivity index (χ2v) is 4.93. The summed E-state index contributed by atoms with van der Waals surface area (Å²) in [6, 6.07) is -0.752. The van der Waals surface area contributed by atoms with Gasteiger partial charge in [0.1, 0.15) is 6.04 Å². The number of rotatable bonds is 4. The van der Waals surface area contributed by atoms with Crippen LogP contribution in [0.2, 0.25) is 0 Å². The van der Waals surface area contributed by atoms with Gasteiger partial charge in [0.05, 0.1) is 32.8 Å². The van der Waals surface area contributed by atoms with Gasteiger partial charge < -0.3 is 25.0 Å². The van der Waals surface area contributed by atoms with E-state index in [0.717, 1.165) is 0 Å². The second kappa shape index (κ2) is 7.37. The molecular formula is C13H20N3O5. The molecule has 0 spiro atoms. The van der Waals surface area contributed by atoms with Gasteiger partial charge >= 0.3 is 0 Å². The maximum atomic E-state index is 12.1. The van der Waals surface area contributed by atoms with Crippen molar-refractivity contribution < 1.29 is 23.9 Å². The van der Waals surface area contributed by atoms with E-state index in [1.807, 2.05) is 0 Å². The minimum Gasteiger partial charge on any atom is -0.378 e. The molecule has 0 aromatic heterocycles. The summed E-state index contributed by atoms with van der Waals surface area (Å²) in [5.41, 5.74) is 5.26. The van der Waals surface area contributed by atoms with E-state index in [1.165, 1.54) is 11.3 Å². The van der Waals surface area contributed by atoms with Crippen LogP contribution in [-0.2, 0) is 23.9 Å². The fourth-order valence-corrected chi connectivity index (χ4v) is 2.34. The Balaban J connectivity index is 1.82. The summed E-state index contributed by atoms with van der Waals surface area (Å²) in [6.07, 6.45) is 1.31. The minimum atomic E-state index is -0.752. The molecule has 2 fully saturated rings. The molecule has 3 amide bonds. The number of carbonyl (C=O) groups is 3. The molecule has 2 N–H and O–H groups in total. The second-order valence-electron chi connectivity index (χ2n) is 4.93. The molecule has 8 nitrogen and oxygen atoms in total. The van der Waals surface area contributed by atoms with Crippen LogP contribution in [0, 0.1) is 6.42 Å². The standard InChI is InChI=1S/C13H20N3O5/c14-13(19)10-9-21-8-5-16(10)12(18)2-1-11(17)15-3-6-20-7-4-15/h1,10H,2-9H2,(H2,14,19)/t10-/m0/s1. The largest absolute Gasteiger partial charge is 0.378 e. The van der Waals surface area contributed by atoms with Crippen LogP contribution < -0.4 is 5.73 Å². The molecule has 2 aliphatic heterocycles. The lowest BCUT2D eigenvalue weighted by Gasteiger charge is -2.33. The van der Waals surface area contributed by atoms with E-state index in [-0.39, 0.29) is 24.8 Å². The number of carbonyl (C=O) groups excluding carboxylic acids is 3. The van der Waals surface area contributed by atoms with Crippen LogP contribution in [0.5, 0.6) is 0 Å². The van der Waals surface area contributed by atoms with Gasteiger partial charge in [-0.05, 0) is 0 Å². The number of nitrogens with zero attached hydrogens (tertiary/aromatic N) is 2. The van der Waals surface area contributed by atoms with E-state index in [9.17, 15) is 14.4 Å². The third-order valence-corrected chi connectivity index (χ3v) is 3.55. The van der Waals surface area contributed by atoms with Crippen LogP contribution in [0.1, 0.15) is 6.42 Å². The number of morpholine rings is 2. The molecule has 2 aliphatic rings. The first-order valence-electron chi connectivity index (χ1n) is 6.96. The molecule has 2 rings (SSSR count). The Morgan fingerprint density at radius 3 is 2.43 bits per heavy atom. The minimum absolute atomic E-state index is 0.0417. The highest BCUT2D eigenvalue weighted by molar-refractivity contribution is 5.93. The van der Waals surface area contributed by atoms with E-state index in [4.69, 9.17) is 15.2 Å². The first-order chi connectivity index (χ1) is 10.1. The van der Waals surface area contributed by atoms with Gasteiger partial charge in [0.15, 0.2) is 0 Å². The number of amides is 3. The van der Waals surface area contributed by atoms with Crippen molar-refractivity contribution in [2.24, 2.45) is 5.73 Å². The summed E-state index contributed by atoms with van der Waals surface area (Å²) in [4.78, 5) is 38.4. The monoisotopic (exact) mass is 298 g/mol. The fourth-order valence-electron chi connectivity index (χ4n) is 2.34. The number of hydrogen-bond donors (Lipinski definition) is 1. The van der Waals surface area contributed by atoms with Crippen molar-refractivity contribution in [1.82, 2.24) is 9.80 Å². The van der Waals surface area contributed by atoms with Gasteiger partial charge in [0.2, 0.25) is 17.7 Å². The topological polar surface area (TPSA) is 102 Å². The molecular weight excluding hydrogens is 278 g/mol. The molecule has 21 heavy (non-hydrogen) atoms. The Bertz CT molecular complexity index is 409. The number of nitrogens with two attached hydrogens (primary N) is 1. The summed E-state index contributed by atoms with van der Waals surface area (Å²) in [6.45, 7) is 2.88. The average molecular weight is 298 g/mol. The molecule has 0 bridgehead atoms. The molecule has 0 aromatic carbocycles. The Labute approximate surface area is 123 Å². The van der Waals surface area contributed by atoms with E-state index in [0.29, 0.717) is 39.5 Å². The van der Waals surface area contributed by atoms with Gasteiger partial charge in [-0.25, -0.2) is 0 Å². The molecule has 0 saturated carbocycles. The van der Waals surface area contributed by atoms with Crippen molar-refractivity contribution >= 4 is 17.7 Å². The van der Waals surface area contributed by atoms with Gasteiger partial charge in [-0.15, -0.1) is 0 Å². The lowest BCUT2D eigenvalue weighted by Crippen LogP contribution is -2.54. The third kappa shape index (κ3) is 4.15. The maximum Gasteiger partial charge on any atom is 0.242 e. The lowest BCUT2D eigenvalue weighted by molar-refractivity contribution is -0.147. The van der Waals surface area contributed by atoms with Crippen LogP contribution in [0.15, 0.2) is 0 Å². The quantitative estimate of drug-likeness (QED) is 0.656. The van der Waals surface area contributed by atoms with Crippen LogP contribution in [-0.4, -0.2) is 79.6 Å². The highest BCUT2D eigenvalue weighted by Gasteiger charge is 2.31. The first-order valence-corrected chi connectivity index (χ1v) is 6.96.